The molecule has 0 bridgehead atoms. The number of benzene rings is 2. The molecule has 0 aromatic heterocycles. The number of aryl methyl sites for hydroxylation is 1. The topological polar surface area (TPSA) is 76.7 Å². The summed E-state index contributed by atoms with van der Waals surface area (Å²) >= 11 is 0. The van der Waals surface area contributed by atoms with E-state index in [1.54, 1.807) is 12.1 Å². The standard InChI is InChI=1S/C20H24N2O4/c1-3-25-17-10-12-18(13-11-17)26-14-4-5-19(23)21-22-20(24)16-8-6-15(2)7-9-16/h6-13H,3-5,14H2,1-2H3,(H,21,23)(H,22,24). The van der Waals surface area contributed by atoms with E-state index in [2.05, 4.69) is 10.9 Å². The van der Waals surface area contributed by atoms with Crippen LogP contribution in [0.15, 0.2) is 48.5 Å². The van der Waals surface area contributed by atoms with Gasteiger partial charge < -0.3 is 9.47 Å². The molecular weight excluding hydrogens is 332 g/mol. The van der Waals surface area contributed by atoms with Crippen molar-refractivity contribution in [2.75, 3.05) is 13.2 Å². The Morgan fingerprint density at radius 1 is 0.885 bits per heavy atom. The molecule has 0 atom stereocenters. The van der Waals surface area contributed by atoms with Crippen LogP contribution in [0.5, 0.6) is 11.5 Å². The Hall–Kier alpha value is -3.02. The summed E-state index contributed by atoms with van der Waals surface area (Å²) < 4.78 is 10.9. The Balaban J connectivity index is 1.62. The third-order valence-corrected chi connectivity index (χ3v) is 3.58. The minimum Gasteiger partial charge on any atom is -0.494 e. The van der Waals surface area contributed by atoms with Crippen LogP contribution in [0.4, 0.5) is 0 Å². The fraction of sp³-hybridized carbons (Fsp3) is 0.300. The van der Waals surface area contributed by atoms with Crippen LogP contribution in [-0.4, -0.2) is 25.0 Å². The zero-order valence-corrected chi connectivity index (χ0v) is 15.1. The molecule has 2 amide bonds. The van der Waals surface area contributed by atoms with Crippen molar-refractivity contribution in [3.63, 3.8) is 0 Å². The number of hydrazine groups is 1. The molecule has 2 aromatic carbocycles. The first-order valence-corrected chi connectivity index (χ1v) is 8.60. The number of carbonyl (C=O) groups excluding carboxylic acids is 2. The number of amides is 2. The molecule has 138 valence electrons. The van der Waals surface area contributed by atoms with Crippen LogP contribution in [0, 0.1) is 6.92 Å². The van der Waals surface area contributed by atoms with E-state index in [0.29, 0.717) is 25.2 Å². The lowest BCUT2D eigenvalue weighted by atomic mass is 10.1. The molecule has 0 saturated heterocycles. The van der Waals surface area contributed by atoms with Gasteiger partial charge in [0.25, 0.3) is 5.91 Å². The Kier molecular flexibility index (Phi) is 7.49. The van der Waals surface area contributed by atoms with E-state index in [1.165, 1.54) is 0 Å². The van der Waals surface area contributed by atoms with Gasteiger partial charge in [0.05, 0.1) is 13.2 Å². The van der Waals surface area contributed by atoms with Crippen molar-refractivity contribution in [2.45, 2.75) is 26.7 Å². The maximum atomic E-state index is 11.9. The minimum atomic E-state index is -0.344. The SMILES string of the molecule is CCOc1ccc(OCCCC(=O)NNC(=O)c2ccc(C)cc2)cc1. The highest BCUT2D eigenvalue weighted by Gasteiger charge is 2.07. The number of hydrogen-bond acceptors (Lipinski definition) is 4. The Morgan fingerprint density at radius 2 is 1.50 bits per heavy atom. The molecule has 2 N–H and O–H groups in total. The fourth-order valence-corrected chi connectivity index (χ4v) is 2.19. The quantitative estimate of drug-likeness (QED) is 0.563. The largest absolute Gasteiger partial charge is 0.494 e. The molecular formula is C20H24N2O4. The lowest BCUT2D eigenvalue weighted by Gasteiger charge is -2.09. The number of nitrogens with one attached hydrogen (secondary N) is 2. The summed E-state index contributed by atoms with van der Waals surface area (Å²) in [7, 11) is 0. The van der Waals surface area contributed by atoms with E-state index in [1.807, 2.05) is 50.2 Å². The van der Waals surface area contributed by atoms with Gasteiger partial charge in [0.2, 0.25) is 5.91 Å². The van der Waals surface area contributed by atoms with Gasteiger partial charge in [-0.15, -0.1) is 0 Å². The molecule has 6 nitrogen and oxygen atoms in total. The van der Waals surface area contributed by atoms with Crippen molar-refractivity contribution in [1.29, 1.82) is 0 Å². The van der Waals surface area contributed by atoms with Crippen molar-refractivity contribution in [1.82, 2.24) is 10.9 Å². The maximum absolute atomic E-state index is 11.9. The van der Waals surface area contributed by atoms with Gasteiger partial charge in [-0.05, 0) is 56.7 Å². The number of hydrogen-bond donors (Lipinski definition) is 2. The van der Waals surface area contributed by atoms with Gasteiger partial charge in [-0.2, -0.15) is 0 Å². The molecule has 2 aromatic rings. The Bertz CT molecular complexity index is 712. The van der Waals surface area contributed by atoms with E-state index in [-0.39, 0.29) is 18.2 Å². The molecule has 2 rings (SSSR count). The fourth-order valence-electron chi connectivity index (χ4n) is 2.19. The summed E-state index contributed by atoms with van der Waals surface area (Å²) in [6.07, 6.45) is 0.796. The van der Waals surface area contributed by atoms with E-state index in [9.17, 15) is 9.59 Å². The molecule has 0 aliphatic rings. The van der Waals surface area contributed by atoms with Gasteiger partial charge in [0.15, 0.2) is 0 Å². The molecule has 0 saturated carbocycles. The normalized spacial score (nSPS) is 10.1. The van der Waals surface area contributed by atoms with Crippen LogP contribution >= 0.6 is 0 Å². The second-order valence-corrected chi connectivity index (χ2v) is 5.72. The van der Waals surface area contributed by atoms with Crippen molar-refractivity contribution in [2.24, 2.45) is 0 Å². The van der Waals surface area contributed by atoms with Gasteiger partial charge >= 0.3 is 0 Å². The van der Waals surface area contributed by atoms with E-state index >= 15 is 0 Å². The van der Waals surface area contributed by atoms with E-state index < -0.39 is 0 Å². The summed E-state index contributed by atoms with van der Waals surface area (Å²) in [6, 6.07) is 14.4. The predicted molar refractivity (Wildman–Crippen MR) is 99.1 cm³/mol. The van der Waals surface area contributed by atoms with Crippen LogP contribution in [0.2, 0.25) is 0 Å². The lowest BCUT2D eigenvalue weighted by Crippen LogP contribution is -2.41. The number of ether oxygens (including phenoxy) is 2. The smallest absolute Gasteiger partial charge is 0.269 e. The maximum Gasteiger partial charge on any atom is 0.269 e. The average Bonchev–Trinajstić information content (AvgIpc) is 2.65. The van der Waals surface area contributed by atoms with Crippen molar-refractivity contribution < 1.29 is 19.1 Å². The first-order valence-electron chi connectivity index (χ1n) is 8.60. The summed E-state index contributed by atoms with van der Waals surface area (Å²) in [6.45, 7) is 4.90. The highest BCUT2D eigenvalue weighted by Crippen LogP contribution is 2.17. The van der Waals surface area contributed by atoms with Gasteiger partial charge in [-0.3, -0.25) is 20.4 Å². The van der Waals surface area contributed by atoms with Crippen molar-refractivity contribution in [3.8, 4) is 11.5 Å². The van der Waals surface area contributed by atoms with Crippen LogP contribution < -0.4 is 20.3 Å². The zero-order chi connectivity index (χ0) is 18.8. The first-order chi connectivity index (χ1) is 12.6. The van der Waals surface area contributed by atoms with Crippen molar-refractivity contribution >= 4 is 11.8 Å². The summed E-state index contributed by atoms with van der Waals surface area (Å²) in [4.78, 5) is 23.7. The summed E-state index contributed by atoms with van der Waals surface area (Å²) in [5.41, 5.74) is 6.37. The molecule has 0 radical (unpaired) electrons. The molecule has 0 unspecified atom stereocenters. The summed E-state index contributed by atoms with van der Waals surface area (Å²) in [5.74, 6) is 0.912. The average molecular weight is 356 g/mol. The number of rotatable bonds is 8. The molecule has 0 aliphatic carbocycles. The van der Waals surface area contributed by atoms with Crippen LogP contribution in [0.25, 0.3) is 0 Å². The Labute approximate surface area is 153 Å². The third-order valence-electron chi connectivity index (χ3n) is 3.58. The van der Waals surface area contributed by atoms with Gasteiger partial charge in [0, 0.05) is 12.0 Å². The minimum absolute atomic E-state index is 0.255. The van der Waals surface area contributed by atoms with Crippen LogP contribution in [-0.2, 0) is 4.79 Å². The molecule has 0 aliphatic heterocycles. The molecule has 0 spiro atoms. The summed E-state index contributed by atoms with van der Waals surface area (Å²) in [5, 5.41) is 0. The Morgan fingerprint density at radius 3 is 2.12 bits per heavy atom. The van der Waals surface area contributed by atoms with Gasteiger partial charge in [-0.25, -0.2) is 0 Å². The zero-order valence-electron chi connectivity index (χ0n) is 15.1. The van der Waals surface area contributed by atoms with Crippen LogP contribution in [0.3, 0.4) is 0 Å². The van der Waals surface area contributed by atoms with Gasteiger partial charge in [-0.1, -0.05) is 17.7 Å². The monoisotopic (exact) mass is 356 g/mol. The second-order valence-electron chi connectivity index (χ2n) is 5.72. The lowest BCUT2D eigenvalue weighted by molar-refractivity contribution is -0.122. The highest BCUT2D eigenvalue weighted by atomic mass is 16.5. The van der Waals surface area contributed by atoms with Gasteiger partial charge in [0.1, 0.15) is 11.5 Å². The number of carbonyl (C=O) groups is 2. The molecule has 0 fully saturated rings. The molecule has 0 heterocycles. The van der Waals surface area contributed by atoms with E-state index in [4.69, 9.17) is 9.47 Å². The van der Waals surface area contributed by atoms with Crippen molar-refractivity contribution in [3.05, 3.63) is 59.7 Å². The molecule has 26 heavy (non-hydrogen) atoms. The first kappa shape index (κ1) is 19.3. The third kappa shape index (κ3) is 6.47. The van der Waals surface area contributed by atoms with E-state index in [0.717, 1.165) is 17.1 Å². The van der Waals surface area contributed by atoms with Crippen LogP contribution in [0.1, 0.15) is 35.7 Å². The highest BCUT2D eigenvalue weighted by molar-refractivity contribution is 5.95. The predicted octanol–water partition coefficient (Wildman–Crippen LogP) is 3.01. The second kappa shape index (κ2) is 10.1. The molecule has 6 heteroatoms.